The van der Waals surface area contributed by atoms with Crippen LogP contribution >= 0.6 is 0 Å². The van der Waals surface area contributed by atoms with E-state index in [9.17, 15) is 0 Å². The van der Waals surface area contributed by atoms with E-state index in [0.717, 1.165) is 0 Å². The Hall–Kier alpha value is -1.84. The van der Waals surface area contributed by atoms with E-state index < -0.39 is 0 Å². The highest BCUT2D eigenvalue weighted by Gasteiger charge is 2.18. The largest absolute Gasteiger partial charge is 0.404 e. The van der Waals surface area contributed by atoms with E-state index in [1.807, 2.05) is 6.20 Å². The third-order valence-corrected chi connectivity index (χ3v) is 4.64. The van der Waals surface area contributed by atoms with Crippen LogP contribution in [0.25, 0.3) is 0 Å². The normalized spacial score (nSPS) is 17.9. The summed E-state index contributed by atoms with van der Waals surface area (Å²) < 4.78 is 0. The highest BCUT2D eigenvalue weighted by molar-refractivity contribution is 5.37. The lowest BCUT2D eigenvalue weighted by Gasteiger charge is -2.24. The average molecular weight is 345 g/mol. The summed E-state index contributed by atoms with van der Waals surface area (Å²) in [5.41, 5.74) is 8.76. The minimum absolute atomic E-state index is 0.587. The molecule has 0 spiro atoms. The summed E-state index contributed by atoms with van der Waals surface area (Å²) in [4.78, 5) is 0. The first-order valence-corrected chi connectivity index (χ1v) is 9.92. The third-order valence-electron chi connectivity index (χ3n) is 4.64. The molecule has 0 bridgehead atoms. The SMILES string of the molecule is CCCCCCC1=CC=CC(=CN)C1CCCCCC.c1c[nH]nn1. The van der Waals surface area contributed by atoms with Crippen molar-refractivity contribution in [2.45, 2.75) is 78.1 Å². The molecule has 1 aromatic rings. The molecule has 0 fully saturated rings. The number of rotatable bonds is 10. The van der Waals surface area contributed by atoms with E-state index in [-0.39, 0.29) is 0 Å². The summed E-state index contributed by atoms with van der Waals surface area (Å²) in [6, 6.07) is 0. The van der Waals surface area contributed by atoms with Crippen LogP contribution in [0.5, 0.6) is 0 Å². The molecule has 4 nitrogen and oxygen atoms in total. The molecule has 0 aliphatic heterocycles. The first-order valence-electron chi connectivity index (χ1n) is 9.92. The van der Waals surface area contributed by atoms with Crippen LogP contribution in [-0.4, -0.2) is 15.4 Å². The minimum Gasteiger partial charge on any atom is -0.404 e. The first-order chi connectivity index (χ1) is 12.3. The highest BCUT2D eigenvalue weighted by atomic mass is 15.3. The lowest BCUT2D eigenvalue weighted by Crippen LogP contribution is -2.11. The molecule has 0 amide bonds. The maximum absolute atomic E-state index is 5.82. The van der Waals surface area contributed by atoms with Crippen molar-refractivity contribution in [3.8, 4) is 0 Å². The smallest absolute Gasteiger partial charge is 0.0690 e. The molecule has 1 heterocycles. The van der Waals surface area contributed by atoms with Gasteiger partial charge in [0.05, 0.1) is 6.20 Å². The monoisotopic (exact) mass is 344 g/mol. The van der Waals surface area contributed by atoms with Crippen molar-refractivity contribution in [3.63, 3.8) is 0 Å². The predicted octanol–water partition coefficient (Wildman–Crippen LogP) is 5.69. The Morgan fingerprint density at radius 1 is 1.08 bits per heavy atom. The number of nitrogens with zero attached hydrogens (tertiary/aromatic N) is 2. The van der Waals surface area contributed by atoms with Crippen LogP contribution in [0.1, 0.15) is 78.1 Å². The Labute approximate surface area is 153 Å². The second kappa shape index (κ2) is 14.5. The Balaban J connectivity index is 0.000000531. The number of nitrogens with one attached hydrogen (secondary N) is 1. The Morgan fingerprint density at radius 3 is 2.40 bits per heavy atom. The standard InChI is InChI=1S/C19H33N.C2H3N3/c1-3-5-7-9-12-17-13-11-14-18(16-20)19(17)15-10-8-6-4-2;1-2-4-5-3-1/h11,13-14,16,19H,3-10,12,15,20H2,1-2H3;1-2H,(H,3,4,5). The van der Waals surface area contributed by atoms with Gasteiger partial charge < -0.3 is 5.73 Å². The molecule has 4 heteroatoms. The fourth-order valence-electron chi connectivity index (χ4n) is 3.21. The zero-order valence-corrected chi connectivity index (χ0v) is 16.1. The van der Waals surface area contributed by atoms with Crippen molar-refractivity contribution in [2.75, 3.05) is 0 Å². The van der Waals surface area contributed by atoms with Crippen LogP contribution in [0.15, 0.2) is 48.0 Å². The molecule has 25 heavy (non-hydrogen) atoms. The second-order valence-electron chi connectivity index (χ2n) is 6.64. The molecule has 0 saturated carbocycles. The minimum atomic E-state index is 0.587. The number of allylic oxidation sites excluding steroid dienone is 5. The van der Waals surface area contributed by atoms with Gasteiger partial charge in [-0.25, -0.2) is 0 Å². The molecule has 1 unspecified atom stereocenters. The number of nitrogens with two attached hydrogens (primary N) is 1. The van der Waals surface area contributed by atoms with Gasteiger partial charge in [0.1, 0.15) is 0 Å². The summed E-state index contributed by atoms with van der Waals surface area (Å²) in [5, 5.41) is 9.26. The van der Waals surface area contributed by atoms with E-state index in [2.05, 4.69) is 47.5 Å². The van der Waals surface area contributed by atoms with Crippen molar-refractivity contribution in [1.82, 2.24) is 15.4 Å². The average Bonchev–Trinajstić information content (AvgIpc) is 3.23. The van der Waals surface area contributed by atoms with Gasteiger partial charge in [-0.05, 0) is 31.0 Å². The van der Waals surface area contributed by atoms with Crippen LogP contribution in [0.2, 0.25) is 0 Å². The molecule has 0 radical (unpaired) electrons. The molecular formula is C21H36N4. The van der Waals surface area contributed by atoms with Crippen molar-refractivity contribution in [3.05, 3.63) is 48.0 Å². The van der Waals surface area contributed by atoms with Gasteiger partial charge in [-0.2, -0.15) is 0 Å². The first kappa shape index (κ1) is 21.2. The van der Waals surface area contributed by atoms with E-state index in [1.165, 1.54) is 69.8 Å². The molecule has 1 atom stereocenters. The Morgan fingerprint density at radius 2 is 1.84 bits per heavy atom. The molecule has 3 N–H and O–H groups in total. The zero-order chi connectivity index (χ0) is 18.2. The number of H-pyrrole nitrogens is 1. The fraction of sp³-hybridized carbons (Fsp3) is 0.619. The van der Waals surface area contributed by atoms with E-state index >= 15 is 0 Å². The number of hydrogen-bond acceptors (Lipinski definition) is 3. The zero-order valence-electron chi connectivity index (χ0n) is 16.1. The van der Waals surface area contributed by atoms with Crippen molar-refractivity contribution in [1.29, 1.82) is 0 Å². The summed E-state index contributed by atoms with van der Waals surface area (Å²) in [7, 11) is 0. The van der Waals surface area contributed by atoms with Gasteiger partial charge >= 0.3 is 0 Å². The van der Waals surface area contributed by atoms with Crippen molar-refractivity contribution in [2.24, 2.45) is 11.7 Å². The van der Waals surface area contributed by atoms with E-state index in [0.29, 0.717) is 5.92 Å². The summed E-state index contributed by atoms with van der Waals surface area (Å²) in [5.74, 6) is 0.587. The predicted molar refractivity (Wildman–Crippen MR) is 107 cm³/mol. The molecule has 1 aliphatic carbocycles. The molecule has 0 saturated heterocycles. The number of hydrogen-bond donors (Lipinski definition) is 2. The lowest BCUT2D eigenvalue weighted by molar-refractivity contribution is 0.538. The maximum Gasteiger partial charge on any atom is 0.0690 e. The fourth-order valence-corrected chi connectivity index (χ4v) is 3.21. The second-order valence-corrected chi connectivity index (χ2v) is 6.64. The van der Waals surface area contributed by atoms with Gasteiger partial charge in [0.25, 0.3) is 0 Å². The van der Waals surface area contributed by atoms with Crippen LogP contribution in [0, 0.1) is 5.92 Å². The summed E-state index contributed by atoms with van der Waals surface area (Å²) >= 11 is 0. The number of aromatic nitrogens is 3. The van der Waals surface area contributed by atoms with Gasteiger partial charge in [0, 0.05) is 12.1 Å². The van der Waals surface area contributed by atoms with Crippen LogP contribution in [0.4, 0.5) is 0 Å². The molecule has 2 rings (SSSR count). The number of unbranched alkanes of at least 4 members (excludes halogenated alkanes) is 6. The van der Waals surface area contributed by atoms with Gasteiger partial charge in [-0.3, -0.25) is 5.10 Å². The summed E-state index contributed by atoms with van der Waals surface area (Å²) in [6.07, 6.45) is 25.0. The maximum atomic E-state index is 5.82. The van der Waals surface area contributed by atoms with Crippen molar-refractivity contribution < 1.29 is 0 Å². The topological polar surface area (TPSA) is 67.6 Å². The van der Waals surface area contributed by atoms with Gasteiger partial charge in [-0.1, -0.05) is 87.8 Å². The quantitative estimate of drug-likeness (QED) is 0.536. The van der Waals surface area contributed by atoms with E-state index in [1.54, 1.807) is 18.0 Å². The van der Waals surface area contributed by atoms with Crippen LogP contribution in [0.3, 0.4) is 0 Å². The van der Waals surface area contributed by atoms with Crippen LogP contribution < -0.4 is 5.73 Å². The molecule has 1 aromatic heterocycles. The molecule has 0 aromatic carbocycles. The Kier molecular flexibility index (Phi) is 12.3. The van der Waals surface area contributed by atoms with Crippen LogP contribution in [-0.2, 0) is 0 Å². The third kappa shape index (κ3) is 9.28. The van der Waals surface area contributed by atoms with E-state index in [4.69, 9.17) is 5.73 Å². The summed E-state index contributed by atoms with van der Waals surface area (Å²) in [6.45, 7) is 4.54. The molecule has 140 valence electrons. The Bertz CT molecular complexity index is 483. The highest BCUT2D eigenvalue weighted by Crippen LogP contribution is 2.33. The van der Waals surface area contributed by atoms with Gasteiger partial charge in [0.15, 0.2) is 0 Å². The molecule has 1 aliphatic rings. The van der Waals surface area contributed by atoms with Gasteiger partial charge in [0.2, 0.25) is 0 Å². The van der Waals surface area contributed by atoms with Gasteiger partial charge in [-0.15, -0.1) is 5.10 Å². The van der Waals surface area contributed by atoms with Crippen molar-refractivity contribution >= 4 is 0 Å². The number of aromatic amines is 1. The molecular weight excluding hydrogens is 308 g/mol. The lowest BCUT2D eigenvalue weighted by atomic mass is 9.81.